The molecule has 6 heteroatoms. The number of fused-ring (bicyclic) bond motifs is 1. The van der Waals surface area contributed by atoms with Crippen molar-refractivity contribution in [3.63, 3.8) is 0 Å². The van der Waals surface area contributed by atoms with Crippen molar-refractivity contribution in [3.8, 4) is 11.5 Å². The number of imidazole rings is 1. The second kappa shape index (κ2) is 6.35. The summed E-state index contributed by atoms with van der Waals surface area (Å²) in [6, 6.07) is 14.4. The molecule has 4 rings (SSSR count). The summed E-state index contributed by atoms with van der Waals surface area (Å²) in [5, 5.41) is 3.46. The van der Waals surface area contributed by atoms with E-state index in [1.165, 1.54) is 0 Å². The molecule has 130 valence electrons. The normalized spacial score (nSPS) is 11.0. The van der Waals surface area contributed by atoms with Crippen LogP contribution in [0.1, 0.15) is 21.7 Å². The fraction of sp³-hybridized carbons (Fsp3) is 0.100. The number of furan rings is 1. The second-order valence-corrected chi connectivity index (χ2v) is 6.55. The summed E-state index contributed by atoms with van der Waals surface area (Å²) in [6.07, 6.45) is 1.93. The van der Waals surface area contributed by atoms with Crippen molar-refractivity contribution in [1.82, 2.24) is 9.38 Å². The van der Waals surface area contributed by atoms with Crippen LogP contribution < -0.4 is 5.32 Å². The molecular formula is C20H16ClN3O2. The molecule has 0 radical (unpaired) electrons. The molecular weight excluding hydrogens is 350 g/mol. The number of nitrogens with one attached hydrogen (secondary N) is 1. The van der Waals surface area contributed by atoms with E-state index in [0.717, 1.165) is 17.0 Å². The van der Waals surface area contributed by atoms with Gasteiger partial charge in [0.2, 0.25) is 0 Å². The minimum atomic E-state index is -0.264. The van der Waals surface area contributed by atoms with Gasteiger partial charge in [0.1, 0.15) is 22.9 Å². The molecule has 0 saturated carbocycles. The molecule has 0 spiro atoms. The highest BCUT2D eigenvalue weighted by atomic mass is 35.5. The van der Waals surface area contributed by atoms with E-state index in [9.17, 15) is 4.79 Å². The van der Waals surface area contributed by atoms with E-state index in [-0.39, 0.29) is 5.91 Å². The fourth-order valence-electron chi connectivity index (χ4n) is 2.81. The van der Waals surface area contributed by atoms with Crippen LogP contribution >= 0.6 is 11.6 Å². The van der Waals surface area contributed by atoms with Crippen molar-refractivity contribution in [3.05, 3.63) is 76.6 Å². The zero-order valence-electron chi connectivity index (χ0n) is 14.3. The van der Waals surface area contributed by atoms with E-state index in [0.29, 0.717) is 27.9 Å². The lowest BCUT2D eigenvalue weighted by molar-refractivity contribution is 0.102. The Bertz CT molecular complexity index is 1130. The van der Waals surface area contributed by atoms with Crippen LogP contribution in [0.3, 0.4) is 0 Å². The summed E-state index contributed by atoms with van der Waals surface area (Å²) >= 11 is 6.00. The van der Waals surface area contributed by atoms with Gasteiger partial charge < -0.3 is 9.73 Å². The van der Waals surface area contributed by atoms with E-state index in [2.05, 4.69) is 10.3 Å². The highest BCUT2D eigenvalue weighted by Gasteiger charge is 2.19. The van der Waals surface area contributed by atoms with Gasteiger partial charge in [0.15, 0.2) is 5.76 Å². The van der Waals surface area contributed by atoms with Gasteiger partial charge in [-0.25, -0.2) is 4.98 Å². The average Bonchev–Trinajstić information content (AvgIpc) is 3.19. The zero-order chi connectivity index (χ0) is 18.3. The quantitative estimate of drug-likeness (QED) is 0.548. The minimum Gasteiger partial charge on any atom is -0.460 e. The standard InChI is InChI=1S/C20H16ClN3O2/c1-12-6-9-17-22-18(16-8-7-13(2)26-16)19(24(17)11-12)23-20(25)14-4-3-5-15(21)10-14/h3-11H,1-2H3,(H,23,25). The monoisotopic (exact) mass is 365 g/mol. The van der Waals surface area contributed by atoms with Crippen molar-refractivity contribution in [2.75, 3.05) is 5.32 Å². The summed E-state index contributed by atoms with van der Waals surface area (Å²) in [5.74, 6) is 1.67. The maximum absolute atomic E-state index is 12.7. The van der Waals surface area contributed by atoms with Crippen LogP contribution in [0.15, 0.2) is 59.1 Å². The lowest BCUT2D eigenvalue weighted by Gasteiger charge is -2.08. The number of halogens is 1. The molecule has 5 nitrogen and oxygen atoms in total. The summed E-state index contributed by atoms with van der Waals surface area (Å²) in [7, 11) is 0. The van der Waals surface area contributed by atoms with Crippen LogP contribution in [0.25, 0.3) is 17.1 Å². The number of carbonyl (C=O) groups excluding carboxylic acids is 1. The molecule has 1 aromatic carbocycles. The van der Waals surface area contributed by atoms with Crippen molar-refractivity contribution in [2.24, 2.45) is 0 Å². The first-order valence-electron chi connectivity index (χ1n) is 8.14. The summed E-state index contributed by atoms with van der Waals surface area (Å²) in [5.41, 5.74) is 2.83. The minimum absolute atomic E-state index is 0.264. The third kappa shape index (κ3) is 2.97. The van der Waals surface area contributed by atoms with E-state index in [1.807, 2.05) is 48.7 Å². The Morgan fingerprint density at radius 1 is 1.15 bits per heavy atom. The SMILES string of the molecule is Cc1ccc2nc(-c3ccc(C)o3)c(NC(=O)c3cccc(Cl)c3)n2c1. The highest BCUT2D eigenvalue weighted by Crippen LogP contribution is 2.31. The van der Waals surface area contributed by atoms with Crippen LogP contribution in [0.5, 0.6) is 0 Å². The van der Waals surface area contributed by atoms with E-state index < -0.39 is 0 Å². The molecule has 0 unspecified atom stereocenters. The molecule has 3 heterocycles. The third-order valence-corrected chi connectivity index (χ3v) is 4.29. The number of benzene rings is 1. The average molecular weight is 366 g/mol. The smallest absolute Gasteiger partial charge is 0.256 e. The topological polar surface area (TPSA) is 59.5 Å². The molecule has 0 aliphatic carbocycles. The van der Waals surface area contributed by atoms with Gasteiger partial charge in [-0.2, -0.15) is 0 Å². The van der Waals surface area contributed by atoms with Crippen molar-refractivity contribution in [2.45, 2.75) is 13.8 Å². The lowest BCUT2D eigenvalue weighted by atomic mass is 10.2. The van der Waals surface area contributed by atoms with E-state index in [1.54, 1.807) is 24.3 Å². The molecule has 0 atom stereocenters. The van der Waals surface area contributed by atoms with Gasteiger partial charge in [-0.05, 0) is 55.8 Å². The largest absolute Gasteiger partial charge is 0.460 e. The summed E-state index contributed by atoms with van der Waals surface area (Å²) in [4.78, 5) is 17.4. The van der Waals surface area contributed by atoms with Gasteiger partial charge >= 0.3 is 0 Å². The first-order valence-corrected chi connectivity index (χ1v) is 8.51. The molecule has 0 saturated heterocycles. The maximum Gasteiger partial charge on any atom is 0.256 e. The van der Waals surface area contributed by atoms with Crippen LogP contribution in [0, 0.1) is 13.8 Å². The molecule has 4 aromatic rings. The number of nitrogens with zero attached hydrogens (tertiary/aromatic N) is 2. The predicted molar refractivity (Wildman–Crippen MR) is 102 cm³/mol. The first-order chi connectivity index (χ1) is 12.5. The molecule has 1 N–H and O–H groups in total. The van der Waals surface area contributed by atoms with Gasteiger partial charge in [0.05, 0.1) is 0 Å². The zero-order valence-corrected chi connectivity index (χ0v) is 15.0. The second-order valence-electron chi connectivity index (χ2n) is 6.12. The number of rotatable bonds is 3. The van der Waals surface area contributed by atoms with Crippen molar-refractivity contribution >= 4 is 29.0 Å². The van der Waals surface area contributed by atoms with Crippen LogP contribution in [-0.2, 0) is 0 Å². The number of aryl methyl sites for hydroxylation is 2. The number of carbonyl (C=O) groups is 1. The van der Waals surface area contributed by atoms with Crippen molar-refractivity contribution < 1.29 is 9.21 Å². The fourth-order valence-corrected chi connectivity index (χ4v) is 3.00. The van der Waals surface area contributed by atoms with Gasteiger partial charge in [-0.1, -0.05) is 23.7 Å². The van der Waals surface area contributed by atoms with Crippen molar-refractivity contribution in [1.29, 1.82) is 0 Å². The Morgan fingerprint density at radius 3 is 2.73 bits per heavy atom. The van der Waals surface area contributed by atoms with Crippen LogP contribution in [0.2, 0.25) is 5.02 Å². The third-order valence-electron chi connectivity index (χ3n) is 4.06. The highest BCUT2D eigenvalue weighted by molar-refractivity contribution is 6.31. The Kier molecular flexibility index (Phi) is 4.01. The van der Waals surface area contributed by atoms with Gasteiger partial charge in [-0.3, -0.25) is 9.20 Å². The molecule has 0 aliphatic rings. The van der Waals surface area contributed by atoms with E-state index >= 15 is 0 Å². The molecule has 1 amide bonds. The maximum atomic E-state index is 12.7. The Labute approximate surface area is 155 Å². The Morgan fingerprint density at radius 2 is 2.00 bits per heavy atom. The molecule has 0 bridgehead atoms. The number of hydrogen-bond acceptors (Lipinski definition) is 3. The number of anilines is 1. The summed E-state index contributed by atoms with van der Waals surface area (Å²) in [6.45, 7) is 3.85. The predicted octanol–water partition coefficient (Wildman–Crippen LogP) is 5.12. The number of pyridine rings is 1. The van der Waals surface area contributed by atoms with Gasteiger partial charge in [0, 0.05) is 16.8 Å². The Balaban J connectivity index is 1.84. The first kappa shape index (κ1) is 16.4. The summed E-state index contributed by atoms with van der Waals surface area (Å²) < 4.78 is 7.58. The molecule has 0 aliphatic heterocycles. The number of amides is 1. The van der Waals surface area contributed by atoms with Gasteiger partial charge in [-0.15, -0.1) is 0 Å². The Hall–Kier alpha value is -3.05. The molecule has 0 fully saturated rings. The van der Waals surface area contributed by atoms with E-state index in [4.69, 9.17) is 16.0 Å². The number of hydrogen-bond donors (Lipinski definition) is 1. The number of aromatic nitrogens is 2. The van der Waals surface area contributed by atoms with Crippen LogP contribution in [-0.4, -0.2) is 15.3 Å². The lowest BCUT2D eigenvalue weighted by Crippen LogP contribution is -2.14. The molecule has 3 aromatic heterocycles. The molecule has 26 heavy (non-hydrogen) atoms. The van der Waals surface area contributed by atoms with Gasteiger partial charge in [0.25, 0.3) is 5.91 Å². The van der Waals surface area contributed by atoms with Crippen LogP contribution in [0.4, 0.5) is 5.82 Å².